The standard InChI is InChI=1S/C15H19N3O4S/c1-15(4-7-23(20,21)8-5-15)16-14(19)13-10-11-9-12(22-2)3-6-18(11)17-13/h3,6,9-10H,4-5,7-8H2,1-2H3,(H,16,19). The molecule has 0 atom stereocenters. The second kappa shape index (κ2) is 5.52. The molecule has 124 valence electrons. The second-order valence-electron chi connectivity index (χ2n) is 6.13. The average molecular weight is 337 g/mol. The predicted molar refractivity (Wildman–Crippen MR) is 85.5 cm³/mol. The van der Waals surface area contributed by atoms with E-state index >= 15 is 0 Å². The first-order valence-electron chi connectivity index (χ1n) is 7.37. The Balaban J connectivity index is 1.78. The monoisotopic (exact) mass is 337 g/mol. The van der Waals surface area contributed by atoms with Gasteiger partial charge in [0.2, 0.25) is 0 Å². The predicted octanol–water partition coefficient (Wildman–Crippen LogP) is 1.04. The van der Waals surface area contributed by atoms with Gasteiger partial charge in [-0.1, -0.05) is 0 Å². The number of amides is 1. The minimum absolute atomic E-state index is 0.103. The van der Waals surface area contributed by atoms with Crippen LogP contribution in [-0.2, 0) is 9.84 Å². The molecule has 0 saturated carbocycles. The van der Waals surface area contributed by atoms with Crippen molar-refractivity contribution >= 4 is 21.3 Å². The summed E-state index contributed by atoms with van der Waals surface area (Å²) in [7, 11) is -1.39. The van der Waals surface area contributed by atoms with Crippen molar-refractivity contribution in [1.29, 1.82) is 0 Å². The molecule has 3 rings (SSSR count). The van der Waals surface area contributed by atoms with Gasteiger partial charge in [-0.25, -0.2) is 12.9 Å². The maximum absolute atomic E-state index is 12.4. The van der Waals surface area contributed by atoms with E-state index in [0.29, 0.717) is 24.3 Å². The Morgan fingerprint density at radius 2 is 2.04 bits per heavy atom. The van der Waals surface area contributed by atoms with Crippen molar-refractivity contribution in [2.45, 2.75) is 25.3 Å². The molecular weight excluding hydrogens is 318 g/mol. The van der Waals surface area contributed by atoms with Gasteiger partial charge < -0.3 is 10.1 Å². The summed E-state index contributed by atoms with van der Waals surface area (Å²) in [5.41, 5.74) is 0.536. The summed E-state index contributed by atoms with van der Waals surface area (Å²) < 4.78 is 29.8. The zero-order valence-electron chi connectivity index (χ0n) is 13.1. The number of aromatic nitrogens is 2. The molecule has 0 radical (unpaired) electrons. The minimum atomic E-state index is -2.97. The highest BCUT2D eigenvalue weighted by Gasteiger charge is 2.35. The van der Waals surface area contributed by atoms with E-state index in [2.05, 4.69) is 10.4 Å². The Morgan fingerprint density at radius 1 is 1.35 bits per heavy atom. The average Bonchev–Trinajstić information content (AvgIpc) is 2.94. The van der Waals surface area contributed by atoms with E-state index in [1.807, 2.05) is 6.92 Å². The van der Waals surface area contributed by atoms with Gasteiger partial charge in [-0.2, -0.15) is 5.10 Å². The molecule has 1 saturated heterocycles. The fourth-order valence-electron chi connectivity index (χ4n) is 2.66. The fourth-order valence-corrected chi connectivity index (χ4v) is 4.39. The maximum atomic E-state index is 12.4. The Bertz CT molecular complexity index is 843. The van der Waals surface area contributed by atoms with Crippen LogP contribution in [0.4, 0.5) is 0 Å². The Labute approximate surface area is 134 Å². The van der Waals surface area contributed by atoms with Gasteiger partial charge in [-0.3, -0.25) is 4.79 Å². The summed E-state index contributed by atoms with van der Waals surface area (Å²) in [6.07, 6.45) is 2.56. The minimum Gasteiger partial charge on any atom is -0.497 e. The van der Waals surface area contributed by atoms with Gasteiger partial charge in [0.05, 0.1) is 24.1 Å². The second-order valence-corrected chi connectivity index (χ2v) is 8.44. The Morgan fingerprint density at radius 3 is 2.70 bits per heavy atom. The highest BCUT2D eigenvalue weighted by Crippen LogP contribution is 2.24. The molecule has 1 amide bonds. The number of rotatable bonds is 3. The molecule has 0 bridgehead atoms. The summed E-state index contributed by atoms with van der Waals surface area (Å²) in [6.45, 7) is 1.87. The number of pyridine rings is 1. The van der Waals surface area contributed by atoms with E-state index in [1.54, 1.807) is 36.0 Å². The molecule has 23 heavy (non-hydrogen) atoms. The van der Waals surface area contributed by atoms with Crippen LogP contribution < -0.4 is 10.1 Å². The normalized spacial score (nSPS) is 19.4. The molecule has 1 N–H and O–H groups in total. The number of carbonyl (C=O) groups excluding carboxylic acids is 1. The topological polar surface area (TPSA) is 89.8 Å². The van der Waals surface area contributed by atoms with Crippen LogP contribution in [0, 0.1) is 0 Å². The number of nitrogens with one attached hydrogen (secondary N) is 1. The molecule has 3 heterocycles. The van der Waals surface area contributed by atoms with Gasteiger partial charge in [-0.05, 0) is 31.9 Å². The van der Waals surface area contributed by atoms with Crippen LogP contribution in [0.2, 0.25) is 0 Å². The third kappa shape index (κ3) is 3.31. The van der Waals surface area contributed by atoms with Gasteiger partial charge in [0.1, 0.15) is 15.6 Å². The van der Waals surface area contributed by atoms with Crippen molar-refractivity contribution in [3.63, 3.8) is 0 Å². The first-order chi connectivity index (χ1) is 10.8. The van der Waals surface area contributed by atoms with Crippen molar-refractivity contribution in [2.75, 3.05) is 18.6 Å². The van der Waals surface area contributed by atoms with Crippen LogP contribution in [-0.4, -0.2) is 48.1 Å². The zero-order chi connectivity index (χ0) is 16.7. The number of carbonyl (C=O) groups is 1. The van der Waals surface area contributed by atoms with E-state index < -0.39 is 15.4 Å². The Hall–Kier alpha value is -2.09. The van der Waals surface area contributed by atoms with Gasteiger partial charge in [0.15, 0.2) is 5.69 Å². The highest BCUT2D eigenvalue weighted by atomic mass is 32.2. The molecule has 0 aliphatic carbocycles. The van der Waals surface area contributed by atoms with Gasteiger partial charge in [0.25, 0.3) is 5.91 Å². The zero-order valence-corrected chi connectivity index (χ0v) is 13.9. The molecule has 1 aliphatic rings. The van der Waals surface area contributed by atoms with Crippen LogP contribution in [0.3, 0.4) is 0 Å². The van der Waals surface area contributed by atoms with Crippen LogP contribution in [0.1, 0.15) is 30.3 Å². The maximum Gasteiger partial charge on any atom is 0.272 e. The van der Waals surface area contributed by atoms with Crippen LogP contribution >= 0.6 is 0 Å². The lowest BCUT2D eigenvalue weighted by Crippen LogP contribution is -2.51. The lowest BCUT2D eigenvalue weighted by Gasteiger charge is -2.34. The van der Waals surface area contributed by atoms with Gasteiger partial charge in [0, 0.05) is 17.8 Å². The summed E-state index contributed by atoms with van der Waals surface area (Å²) in [4.78, 5) is 12.4. The van der Waals surface area contributed by atoms with Gasteiger partial charge >= 0.3 is 0 Å². The summed E-state index contributed by atoms with van der Waals surface area (Å²) >= 11 is 0. The van der Waals surface area contributed by atoms with Crippen molar-refractivity contribution in [3.05, 3.63) is 30.1 Å². The van der Waals surface area contributed by atoms with Crippen LogP contribution in [0.15, 0.2) is 24.4 Å². The van der Waals surface area contributed by atoms with Crippen LogP contribution in [0.25, 0.3) is 5.52 Å². The van der Waals surface area contributed by atoms with Crippen molar-refractivity contribution < 1.29 is 17.9 Å². The fraction of sp³-hybridized carbons (Fsp3) is 0.467. The highest BCUT2D eigenvalue weighted by molar-refractivity contribution is 7.91. The van der Waals surface area contributed by atoms with E-state index in [4.69, 9.17) is 4.74 Å². The lowest BCUT2D eigenvalue weighted by atomic mass is 9.94. The third-order valence-corrected chi connectivity index (χ3v) is 5.90. The first kappa shape index (κ1) is 15.8. The molecule has 0 aromatic carbocycles. The number of hydrogen-bond donors (Lipinski definition) is 1. The van der Waals surface area contributed by atoms with Crippen molar-refractivity contribution in [2.24, 2.45) is 0 Å². The van der Waals surface area contributed by atoms with E-state index in [-0.39, 0.29) is 17.4 Å². The SMILES string of the molecule is COc1ccn2nc(C(=O)NC3(C)CCS(=O)(=O)CC3)cc2c1. The third-order valence-electron chi connectivity index (χ3n) is 4.25. The van der Waals surface area contributed by atoms with E-state index in [0.717, 1.165) is 5.52 Å². The molecule has 8 heteroatoms. The van der Waals surface area contributed by atoms with Crippen molar-refractivity contribution in [3.8, 4) is 5.75 Å². The molecule has 2 aromatic rings. The lowest BCUT2D eigenvalue weighted by molar-refractivity contribution is 0.0894. The smallest absolute Gasteiger partial charge is 0.272 e. The number of sulfone groups is 1. The van der Waals surface area contributed by atoms with E-state index in [9.17, 15) is 13.2 Å². The molecule has 0 unspecified atom stereocenters. The number of hydrogen-bond acceptors (Lipinski definition) is 5. The number of nitrogens with zero attached hydrogens (tertiary/aromatic N) is 2. The molecule has 1 fully saturated rings. The van der Waals surface area contributed by atoms with Crippen LogP contribution in [0.5, 0.6) is 5.75 Å². The van der Waals surface area contributed by atoms with Crippen molar-refractivity contribution in [1.82, 2.24) is 14.9 Å². The first-order valence-corrected chi connectivity index (χ1v) is 9.19. The van der Waals surface area contributed by atoms with E-state index in [1.165, 1.54) is 0 Å². The molecule has 1 aliphatic heterocycles. The summed E-state index contributed by atoms with van der Waals surface area (Å²) in [6, 6.07) is 5.23. The number of fused-ring (bicyclic) bond motifs is 1. The molecule has 7 nitrogen and oxygen atoms in total. The number of ether oxygens (including phenoxy) is 1. The largest absolute Gasteiger partial charge is 0.497 e. The quantitative estimate of drug-likeness (QED) is 0.904. The molecule has 2 aromatic heterocycles. The number of methoxy groups -OCH3 is 1. The summed E-state index contributed by atoms with van der Waals surface area (Å²) in [5, 5.41) is 7.17. The molecular formula is C15H19N3O4S. The Kier molecular flexibility index (Phi) is 3.79. The molecule has 0 spiro atoms. The summed E-state index contributed by atoms with van der Waals surface area (Å²) in [5.74, 6) is 0.599. The van der Waals surface area contributed by atoms with Gasteiger partial charge in [-0.15, -0.1) is 0 Å².